The largest absolute Gasteiger partial charge is 0.493 e. The van der Waals surface area contributed by atoms with Crippen LogP contribution in [0.3, 0.4) is 0 Å². The van der Waals surface area contributed by atoms with Gasteiger partial charge in [0.1, 0.15) is 4.90 Å². The number of sulfonamides is 1. The quantitative estimate of drug-likeness (QED) is 0.565. The zero-order valence-corrected chi connectivity index (χ0v) is 15.3. The molecule has 0 aromatic heterocycles. The summed E-state index contributed by atoms with van der Waals surface area (Å²) >= 11 is 0. The minimum absolute atomic E-state index is 0.0610. The van der Waals surface area contributed by atoms with Crippen molar-refractivity contribution in [3.05, 3.63) is 23.8 Å². The Hall–Kier alpha value is -2.06. The summed E-state index contributed by atoms with van der Waals surface area (Å²) in [6, 6.07) is 2.74. The van der Waals surface area contributed by atoms with Crippen LogP contribution in [-0.2, 0) is 19.6 Å². The molecule has 24 heavy (non-hydrogen) atoms. The van der Waals surface area contributed by atoms with E-state index in [-0.39, 0.29) is 22.4 Å². The van der Waals surface area contributed by atoms with Crippen molar-refractivity contribution >= 4 is 22.1 Å². The van der Waals surface area contributed by atoms with E-state index in [1.807, 2.05) is 6.92 Å². The normalized spacial score (nSPS) is 12.9. The van der Waals surface area contributed by atoms with Gasteiger partial charge < -0.3 is 14.2 Å². The van der Waals surface area contributed by atoms with E-state index < -0.39 is 16.0 Å². The van der Waals surface area contributed by atoms with Crippen molar-refractivity contribution in [1.82, 2.24) is 4.72 Å². The number of methoxy groups -OCH3 is 3. The van der Waals surface area contributed by atoms with E-state index in [9.17, 15) is 13.2 Å². The molecule has 1 aromatic carbocycles. The highest BCUT2D eigenvalue weighted by molar-refractivity contribution is 7.89. The van der Waals surface area contributed by atoms with Crippen LogP contribution in [0.2, 0.25) is 0 Å². The fraction of sp³-hybridized carbons (Fsp3) is 0.438. The summed E-state index contributed by atoms with van der Waals surface area (Å²) in [5.74, 6) is -0.204. The third-order valence-electron chi connectivity index (χ3n) is 3.34. The van der Waals surface area contributed by atoms with E-state index in [0.717, 1.165) is 0 Å². The Bertz CT molecular complexity index is 712. The van der Waals surface area contributed by atoms with Gasteiger partial charge in [0.15, 0.2) is 11.5 Å². The van der Waals surface area contributed by atoms with Crippen LogP contribution in [-0.4, -0.2) is 41.8 Å². The van der Waals surface area contributed by atoms with Crippen molar-refractivity contribution < 1.29 is 27.4 Å². The molecule has 0 spiro atoms. The zero-order chi connectivity index (χ0) is 18.3. The molecule has 0 saturated carbocycles. The molecule has 1 rings (SSSR count). The number of ether oxygens (including phenoxy) is 3. The fourth-order valence-corrected chi connectivity index (χ4v) is 3.43. The van der Waals surface area contributed by atoms with Gasteiger partial charge in [-0.2, -0.15) is 0 Å². The van der Waals surface area contributed by atoms with Gasteiger partial charge in [0, 0.05) is 12.1 Å². The molecule has 1 aromatic rings. The molecule has 1 atom stereocenters. The summed E-state index contributed by atoms with van der Waals surface area (Å²) in [6.45, 7) is 3.64. The molecule has 0 amide bonds. The number of hydrogen-bond donors (Lipinski definition) is 1. The number of carbonyl (C=O) groups excluding carboxylic acids is 1. The molecule has 0 saturated heterocycles. The Morgan fingerprint density at radius 3 is 2.42 bits per heavy atom. The third kappa shape index (κ3) is 4.97. The predicted octanol–water partition coefficient (Wildman–Crippen LogP) is 1.97. The molecule has 7 nitrogen and oxygen atoms in total. The maximum absolute atomic E-state index is 12.6. The maximum Gasteiger partial charge on any atom is 0.330 e. The van der Waals surface area contributed by atoms with Gasteiger partial charge in [-0.25, -0.2) is 17.9 Å². The van der Waals surface area contributed by atoms with E-state index in [1.54, 1.807) is 13.0 Å². The van der Waals surface area contributed by atoms with Gasteiger partial charge in [0.25, 0.3) is 0 Å². The molecule has 1 N–H and O–H groups in total. The Kier molecular flexibility index (Phi) is 7.24. The van der Waals surface area contributed by atoms with E-state index >= 15 is 0 Å². The average molecular weight is 357 g/mol. The van der Waals surface area contributed by atoms with E-state index in [4.69, 9.17) is 9.47 Å². The van der Waals surface area contributed by atoms with Gasteiger partial charge in [-0.3, -0.25) is 0 Å². The summed E-state index contributed by atoms with van der Waals surface area (Å²) < 4.78 is 42.8. The first kappa shape index (κ1) is 20.0. The van der Waals surface area contributed by atoms with Gasteiger partial charge in [-0.05, 0) is 37.1 Å². The van der Waals surface area contributed by atoms with Crippen molar-refractivity contribution in [2.75, 3.05) is 21.3 Å². The summed E-state index contributed by atoms with van der Waals surface area (Å²) in [5.41, 5.74) is 0.461. The van der Waals surface area contributed by atoms with E-state index in [1.165, 1.54) is 39.5 Å². The molecular formula is C16H23NO6S. The second kappa shape index (κ2) is 8.70. The molecule has 0 radical (unpaired) electrons. The molecule has 0 aliphatic carbocycles. The Morgan fingerprint density at radius 1 is 1.25 bits per heavy atom. The second-order valence-corrected chi connectivity index (χ2v) is 6.72. The van der Waals surface area contributed by atoms with Gasteiger partial charge in [0.05, 0.1) is 21.3 Å². The summed E-state index contributed by atoms with van der Waals surface area (Å²) in [6.07, 6.45) is 3.27. The van der Waals surface area contributed by atoms with Crippen LogP contribution in [0.15, 0.2) is 23.1 Å². The Morgan fingerprint density at radius 2 is 1.92 bits per heavy atom. The number of carbonyl (C=O) groups is 1. The number of benzene rings is 1. The Balaban J connectivity index is 3.45. The van der Waals surface area contributed by atoms with Gasteiger partial charge >= 0.3 is 5.97 Å². The third-order valence-corrected chi connectivity index (χ3v) is 4.93. The molecule has 0 aliphatic rings. The summed E-state index contributed by atoms with van der Waals surface area (Å²) in [4.78, 5) is 11.2. The number of esters is 1. The molecular weight excluding hydrogens is 334 g/mol. The zero-order valence-electron chi connectivity index (χ0n) is 14.5. The molecule has 0 fully saturated rings. The molecule has 8 heteroatoms. The van der Waals surface area contributed by atoms with Crippen LogP contribution in [0.4, 0.5) is 0 Å². The number of hydrogen-bond acceptors (Lipinski definition) is 6. The van der Waals surface area contributed by atoms with E-state index in [2.05, 4.69) is 9.46 Å². The second-order valence-electron chi connectivity index (χ2n) is 5.04. The van der Waals surface area contributed by atoms with Crippen LogP contribution in [0.5, 0.6) is 11.5 Å². The average Bonchev–Trinajstić information content (AvgIpc) is 2.57. The lowest BCUT2D eigenvalue weighted by atomic mass is 10.2. The lowest BCUT2D eigenvalue weighted by molar-refractivity contribution is -0.134. The topological polar surface area (TPSA) is 90.9 Å². The van der Waals surface area contributed by atoms with Gasteiger partial charge in [-0.15, -0.1) is 0 Å². The van der Waals surface area contributed by atoms with Crippen molar-refractivity contribution in [2.24, 2.45) is 0 Å². The predicted molar refractivity (Wildman–Crippen MR) is 90.7 cm³/mol. The smallest absolute Gasteiger partial charge is 0.330 e. The highest BCUT2D eigenvalue weighted by atomic mass is 32.2. The van der Waals surface area contributed by atoms with Crippen molar-refractivity contribution in [3.8, 4) is 11.5 Å². The van der Waals surface area contributed by atoms with Crippen LogP contribution in [0.1, 0.15) is 25.8 Å². The summed E-state index contributed by atoms with van der Waals surface area (Å²) in [7, 11) is 0.211. The SMILES string of the molecule is CC[C@H](C)NS(=O)(=O)c1cc(/C=C\C(=O)OC)cc(OC)c1OC. The summed E-state index contributed by atoms with van der Waals surface area (Å²) in [5, 5.41) is 0. The fourth-order valence-electron chi connectivity index (χ4n) is 1.89. The highest BCUT2D eigenvalue weighted by Crippen LogP contribution is 2.36. The number of rotatable bonds is 8. The minimum atomic E-state index is -3.82. The van der Waals surface area contributed by atoms with Crippen molar-refractivity contribution in [3.63, 3.8) is 0 Å². The first-order chi connectivity index (χ1) is 11.3. The van der Waals surface area contributed by atoms with Crippen LogP contribution in [0, 0.1) is 0 Å². The van der Waals surface area contributed by atoms with Crippen LogP contribution < -0.4 is 14.2 Å². The first-order valence-corrected chi connectivity index (χ1v) is 8.81. The number of nitrogens with one attached hydrogen (secondary N) is 1. The van der Waals surface area contributed by atoms with Crippen LogP contribution >= 0.6 is 0 Å². The van der Waals surface area contributed by atoms with Crippen molar-refractivity contribution in [2.45, 2.75) is 31.2 Å². The highest BCUT2D eigenvalue weighted by Gasteiger charge is 2.24. The molecule has 0 bridgehead atoms. The maximum atomic E-state index is 12.6. The Labute approximate surface area is 142 Å². The van der Waals surface area contributed by atoms with Crippen molar-refractivity contribution in [1.29, 1.82) is 0 Å². The lowest BCUT2D eigenvalue weighted by Crippen LogP contribution is -2.32. The van der Waals surface area contributed by atoms with E-state index in [0.29, 0.717) is 12.0 Å². The standard InChI is InChI=1S/C16H23NO6S/c1-6-11(2)17-24(19,20)14-10-12(7-8-15(18)22-4)9-13(21-3)16(14)23-5/h7-11,17H,6H2,1-5H3/b8-7-/t11-/m0/s1. The van der Waals surface area contributed by atoms with Gasteiger partial charge in [-0.1, -0.05) is 6.92 Å². The molecule has 0 unspecified atom stereocenters. The molecule has 0 heterocycles. The van der Waals surface area contributed by atoms with Crippen LogP contribution in [0.25, 0.3) is 6.08 Å². The lowest BCUT2D eigenvalue weighted by Gasteiger charge is -2.17. The van der Waals surface area contributed by atoms with Gasteiger partial charge in [0.2, 0.25) is 10.0 Å². The first-order valence-electron chi connectivity index (χ1n) is 7.33. The molecule has 134 valence electrons. The monoisotopic (exact) mass is 357 g/mol. The molecule has 0 aliphatic heterocycles. The minimum Gasteiger partial charge on any atom is -0.493 e.